The molecule has 2 aromatic rings. The third-order valence-electron chi connectivity index (χ3n) is 5.08. The molecule has 27 heavy (non-hydrogen) atoms. The predicted octanol–water partition coefficient (Wildman–Crippen LogP) is 3.69. The molecule has 0 saturated heterocycles. The second-order valence-electron chi connectivity index (χ2n) is 8.35. The molecule has 1 amide bonds. The lowest BCUT2D eigenvalue weighted by molar-refractivity contribution is -0.139. The number of rotatable bonds is 5. The van der Waals surface area contributed by atoms with Crippen molar-refractivity contribution in [1.82, 2.24) is 15.1 Å². The Morgan fingerprint density at radius 2 is 1.93 bits per heavy atom. The highest BCUT2D eigenvalue weighted by molar-refractivity contribution is 5.95. The van der Waals surface area contributed by atoms with Gasteiger partial charge in [0, 0.05) is 11.6 Å². The van der Waals surface area contributed by atoms with Crippen molar-refractivity contribution in [2.45, 2.75) is 65.0 Å². The predicted molar refractivity (Wildman–Crippen MR) is 103 cm³/mol. The Morgan fingerprint density at radius 1 is 1.26 bits per heavy atom. The molecule has 2 N–H and O–H groups in total. The van der Waals surface area contributed by atoms with E-state index in [2.05, 4.69) is 10.4 Å². The van der Waals surface area contributed by atoms with Crippen LogP contribution >= 0.6 is 0 Å². The van der Waals surface area contributed by atoms with Crippen LogP contribution < -0.4 is 5.32 Å². The van der Waals surface area contributed by atoms with E-state index in [0.717, 1.165) is 29.7 Å². The molecule has 1 saturated carbocycles. The number of carbonyl (C=O) groups excluding carboxylic acids is 1. The fourth-order valence-electron chi connectivity index (χ4n) is 3.28. The number of carboxylic acid groups (broad SMARTS) is 1. The van der Waals surface area contributed by atoms with Gasteiger partial charge in [0.1, 0.15) is 0 Å². The van der Waals surface area contributed by atoms with Crippen LogP contribution in [0.1, 0.15) is 78.4 Å². The number of aromatic nitrogens is 2. The van der Waals surface area contributed by atoms with Crippen LogP contribution in [-0.2, 0) is 10.3 Å². The molecule has 0 radical (unpaired) electrons. The lowest BCUT2D eigenvalue weighted by Gasteiger charge is -2.22. The number of nitrogens with zero attached hydrogens (tertiary/aromatic N) is 2. The number of carboxylic acids is 1. The van der Waals surface area contributed by atoms with Crippen LogP contribution in [0.25, 0.3) is 0 Å². The summed E-state index contributed by atoms with van der Waals surface area (Å²) in [6.45, 7) is 9.93. The molecule has 6 heteroatoms. The maximum Gasteiger partial charge on any atom is 0.330 e. The third kappa shape index (κ3) is 3.89. The van der Waals surface area contributed by atoms with Crippen molar-refractivity contribution >= 4 is 11.9 Å². The Morgan fingerprint density at radius 3 is 2.48 bits per heavy atom. The van der Waals surface area contributed by atoms with Crippen LogP contribution in [0.15, 0.2) is 24.3 Å². The summed E-state index contributed by atoms with van der Waals surface area (Å²) in [6.07, 6.45) is 2.20. The Kier molecular flexibility index (Phi) is 4.84. The molecule has 1 aliphatic carbocycles. The largest absolute Gasteiger partial charge is 0.479 e. The number of aryl methyl sites for hydroxylation is 1. The highest BCUT2D eigenvalue weighted by atomic mass is 16.4. The standard InChI is InChI=1S/C21H27N3O3/c1-12-7-6-8-15(13(12)2)18(20(26)27)22-19(25)16-11-17(14-9-10-14)24(23-16)21(3,4)5/h6-8,11,14,18H,9-10H2,1-5H3,(H,22,25)(H,26,27). The van der Waals surface area contributed by atoms with Crippen LogP contribution in [0.4, 0.5) is 0 Å². The fourth-order valence-corrected chi connectivity index (χ4v) is 3.28. The smallest absolute Gasteiger partial charge is 0.330 e. The quantitative estimate of drug-likeness (QED) is 0.842. The lowest BCUT2D eigenvalue weighted by Crippen LogP contribution is -2.35. The van der Waals surface area contributed by atoms with Gasteiger partial charge in [0.2, 0.25) is 0 Å². The highest BCUT2D eigenvalue weighted by Gasteiger charge is 2.33. The molecule has 3 rings (SSSR count). The molecule has 0 aliphatic heterocycles. The van der Waals surface area contributed by atoms with E-state index in [9.17, 15) is 14.7 Å². The number of amides is 1. The van der Waals surface area contributed by atoms with Crippen molar-refractivity contribution in [3.8, 4) is 0 Å². The minimum Gasteiger partial charge on any atom is -0.479 e. The minimum atomic E-state index is -1.11. The van der Waals surface area contributed by atoms with Crippen LogP contribution in [0.3, 0.4) is 0 Å². The summed E-state index contributed by atoms with van der Waals surface area (Å²) in [6, 6.07) is 6.16. The van der Waals surface area contributed by atoms with Crippen LogP contribution in [0, 0.1) is 13.8 Å². The number of hydrogen-bond acceptors (Lipinski definition) is 3. The summed E-state index contributed by atoms with van der Waals surface area (Å²) in [5.74, 6) is -1.12. The first-order chi connectivity index (χ1) is 12.6. The number of nitrogens with one attached hydrogen (secondary N) is 1. The normalized spacial score (nSPS) is 15.4. The average molecular weight is 369 g/mol. The molecule has 1 fully saturated rings. The topological polar surface area (TPSA) is 84.2 Å². The first-order valence-electron chi connectivity index (χ1n) is 9.30. The first kappa shape index (κ1) is 19.1. The Labute approximate surface area is 159 Å². The maximum absolute atomic E-state index is 12.8. The molecule has 1 atom stereocenters. The summed E-state index contributed by atoms with van der Waals surface area (Å²) in [4.78, 5) is 24.7. The molecule has 0 spiro atoms. The van der Waals surface area contributed by atoms with Gasteiger partial charge in [-0.15, -0.1) is 0 Å². The van der Waals surface area contributed by atoms with Crippen molar-refractivity contribution in [1.29, 1.82) is 0 Å². The Balaban J connectivity index is 1.91. The monoisotopic (exact) mass is 369 g/mol. The van der Waals surface area contributed by atoms with Crippen molar-refractivity contribution in [3.63, 3.8) is 0 Å². The highest BCUT2D eigenvalue weighted by Crippen LogP contribution is 2.41. The number of benzene rings is 1. The second kappa shape index (κ2) is 6.83. The van der Waals surface area contributed by atoms with Gasteiger partial charge in [0.25, 0.3) is 5.91 Å². The van der Waals surface area contributed by atoms with Gasteiger partial charge >= 0.3 is 5.97 Å². The summed E-state index contributed by atoms with van der Waals surface area (Å²) >= 11 is 0. The molecule has 1 unspecified atom stereocenters. The van der Waals surface area contributed by atoms with E-state index in [0.29, 0.717) is 11.5 Å². The molecule has 1 heterocycles. The van der Waals surface area contributed by atoms with Crippen LogP contribution in [-0.4, -0.2) is 26.8 Å². The molecular formula is C21H27N3O3. The molecule has 1 aliphatic rings. The van der Waals surface area contributed by atoms with Crippen molar-refractivity contribution in [2.24, 2.45) is 0 Å². The molecule has 6 nitrogen and oxygen atoms in total. The summed E-state index contributed by atoms with van der Waals surface area (Å²) < 4.78 is 1.90. The summed E-state index contributed by atoms with van der Waals surface area (Å²) in [5.41, 5.74) is 3.52. The lowest BCUT2D eigenvalue weighted by atomic mass is 9.97. The second-order valence-corrected chi connectivity index (χ2v) is 8.35. The number of carbonyl (C=O) groups is 2. The van der Waals surface area contributed by atoms with Gasteiger partial charge in [-0.05, 0) is 70.2 Å². The van der Waals surface area contributed by atoms with Gasteiger partial charge in [-0.2, -0.15) is 5.10 Å². The number of aliphatic carboxylic acids is 1. The van der Waals surface area contributed by atoms with Crippen LogP contribution in [0.2, 0.25) is 0 Å². The zero-order valence-electron chi connectivity index (χ0n) is 16.5. The van der Waals surface area contributed by atoms with Crippen molar-refractivity contribution in [2.75, 3.05) is 0 Å². The van der Waals surface area contributed by atoms with E-state index in [4.69, 9.17) is 0 Å². The molecular weight excluding hydrogens is 342 g/mol. The van der Waals surface area contributed by atoms with E-state index in [1.54, 1.807) is 18.2 Å². The minimum absolute atomic E-state index is 0.240. The van der Waals surface area contributed by atoms with Gasteiger partial charge in [-0.3, -0.25) is 9.48 Å². The fraction of sp³-hybridized carbons (Fsp3) is 0.476. The van der Waals surface area contributed by atoms with E-state index in [-0.39, 0.29) is 11.2 Å². The molecule has 1 aromatic carbocycles. The summed E-state index contributed by atoms with van der Waals surface area (Å²) in [5, 5.41) is 16.8. The summed E-state index contributed by atoms with van der Waals surface area (Å²) in [7, 11) is 0. The molecule has 0 bridgehead atoms. The molecule has 144 valence electrons. The Bertz CT molecular complexity index is 889. The van der Waals surface area contributed by atoms with Crippen LogP contribution in [0.5, 0.6) is 0 Å². The first-order valence-corrected chi connectivity index (χ1v) is 9.30. The zero-order chi connectivity index (χ0) is 19.9. The van der Waals surface area contributed by atoms with E-state index < -0.39 is 17.9 Å². The van der Waals surface area contributed by atoms with Gasteiger partial charge in [0.05, 0.1) is 5.54 Å². The van der Waals surface area contributed by atoms with E-state index in [1.807, 2.05) is 45.4 Å². The maximum atomic E-state index is 12.8. The SMILES string of the molecule is Cc1cccc(C(NC(=O)c2cc(C3CC3)n(C(C)(C)C)n2)C(=O)O)c1C. The van der Waals surface area contributed by atoms with Crippen molar-refractivity contribution in [3.05, 3.63) is 52.3 Å². The van der Waals surface area contributed by atoms with Crippen molar-refractivity contribution < 1.29 is 14.7 Å². The number of hydrogen-bond donors (Lipinski definition) is 2. The zero-order valence-corrected chi connectivity index (χ0v) is 16.5. The van der Waals surface area contributed by atoms with Gasteiger partial charge in [-0.1, -0.05) is 18.2 Å². The average Bonchev–Trinajstić information content (AvgIpc) is 3.32. The molecule has 1 aromatic heterocycles. The van der Waals surface area contributed by atoms with E-state index in [1.165, 1.54) is 0 Å². The Hall–Kier alpha value is -2.63. The van der Waals surface area contributed by atoms with Gasteiger partial charge in [0.15, 0.2) is 11.7 Å². The van der Waals surface area contributed by atoms with E-state index >= 15 is 0 Å². The van der Waals surface area contributed by atoms with Gasteiger partial charge in [-0.25, -0.2) is 4.79 Å². The third-order valence-corrected chi connectivity index (χ3v) is 5.08. The van der Waals surface area contributed by atoms with Gasteiger partial charge < -0.3 is 10.4 Å².